The molecule has 138 valence electrons. The lowest BCUT2D eigenvalue weighted by atomic mass is 10.0. The minimum atomic E-state index is 0.413. The molecule has 2 saturated heterocycles. The molecule has 8 heteroatoms. The molecule has 26 heavy (non-hydrogen) atoms. The van der Waals surface area contributed by atoms with Gasteiger partial charge in [-0.25, -0.2) is 9.97 Å². The molecule has 2 aromatic heterocycles. The number of aromatic nitrogens is 4. The number of piperidine rings is 1. The van der Waals surface area contributed by atoms with Crippen molar-refractivity contribution in [1.29, 1.82) is 0 Å². The molecule has 0 aliphatic carbocycles. The molecular weight excluding hydrogens is 330 g/mol. The molecule has 0 bridgehead atoms. The number of hydrogen-bond acceptors (Lipinski definition) is 8. The van der Waals surface area contributed by atoms with Gasteiger partial charge in [-0.15, -0.1) is 0 Å². The van der Waals surface area contributed by atoms with Crippen LogP contribution in [-0.2, 0) is 4.74 Å². The zero-order valence-electron chi connectivity index (χ0n) is 15.1. The first-order valence-electron chi connectivity index (χ1n) is 9.24. The highest BCUT2D eigenvalue weighted by Gasteiger charge is 2.22. The second-order valence-electron chi connectivity index (χ2n) is 6.71. The smallest absolute Gasteiger partial charge is 0.227 e. The molecule has 0 unspecified atom stereocenters. The molecule has 8 nitrogen and oxygen atoms in total. The van der Waals surface area contributed by atoms with E-state index in [9.17, 15) is 0 Å². The SMILES string of the molecule is Cc1nccnc1N1CCC(Nc2ccnc(N3CCOCC3)n2)CC1. The number of anilines is 3. The van der Waals surface area contributed by atoms with Crippen molar-refractivity contribution in [2.75, 3.05) is 54.5 Å². The van der Waals surface area contributed by atoms with E-state index < -0.39 is 0 Å². The van der Waals surface area contributed by atoms with Crippen molar-refractivity contribution in [3.63, 3.8) is 0 Å². The normalized spacial score (nSPS) is 18.8. The summed E-state index contributed by atoms with van der Waals surface area (Å²) in [5.41, 5.74) is 0.991. The quantitative estimate of drug-likeness (QED) is 0.884. The fourth-order valence-corrected chi connectivity index (χ4v) is 3.50. The van der Waals surface area contributed by atoms with Gasteiger partial charge in [0.15, 0.2) is 0 Å². The number of morpholine rings is 1. The summed E-state index contributed by atoms with van der Waals surface area (Å²) in [5.74, 6) is 2.68. The van der Waals surface area contributed by atoms with Gasteiger partial charge in [-0.2, -0.15) is 4.98 Å². The molecule has 0 amide bonds. The minimum Gasteiger partial charge on any atom is -0.378 e. The summed E-state index contributed by atoms with van der Waals surface area (Å²) in [6.07, 6.45) is 7.44. The maximum Gasteiger partial charge on any atom is 0.227 e. The van der Waals surface area contributed by atoms with Gasteiger partial charge in [0.1, 0.15) is 11.6 Å². The van der Waals surface area contributed by atoms with Crippen molar-refractivity contribution >= 4 is 17.6 Å². The molecular formula is C18H25N7O. The monoisotopic (exact) mass is 355 g/mol. The Kier molecular flexibility index (Phi) is 5.10. The Hall–Kier alpha value is -2.48. The van der Waals surface area contributed by atoms with E-state index in [2.05, 4.69) is 30.1 Å². The Morgan fingerprint density at radius 1 is 0.962 bits per heavy atom. The Morgan fingerprint density at radius 3 is 2.50 bits per heavy atom. The first-order chi connectivity index (χ1) is 12.8. The maximum atomic E-state index is 5.40. The van der Waals surface area contributed by atoms with Crippen LogP contribution in [0.3, 0.4) is 0 Å². The fourth-order valence-electron chi connectivity index (χ4n) is 3.50. The zero-order chi connectivity index (χ0) is 17.8. The predicted octanol–water partition coefficient (Wildman–Crippen LogP) is 1.49. The van der Waals surface area contributed by atoms with Crippen molar-refractivity contribution < 1.29 is 4.74 Å². The molecule has 0 saturated carbocycles. The predicted molar refractivity (Wildman–Crippen MR) is 101 cm³/mol. The third kappa shape index (κ3) is 3.85. The lowest BCUT2D eigenvalue weighted by molar-refractivity contribution is 0.122. The summed E-state index contributed by atoms with van der Waals surface area (Å²) in [7, 11) is 0. The number of ether oxygens (including phenoxy) is 1. The minimum absolute atomic E-state index is 0.413. The van der Waals surface area contributed by atoms with Crippen LogP contribution in [0.5, 0.6) is 0 Å². The Morgan fingerprint density at radius 2 is 1.73 bits per heavy atom. The molecule has 0 aromatic carbocycles. The molecule has 2 aliphatic rings. The summed E-state index contributed by atoms with van der Waals surface area (Å²) < 4.78 is 5.40. The Balaban J connectivity index is 1.35. The molecule has 2 fully saturated rings. The third-order valence-corrected chi connectivity index (χ3v) is 4.94. The van der Waals surface area contributed by atoms with E-state index in [1.807, 2.05) is 19.2 Å². The summed E-state index contributed by atoms with van der Waals surface area (Å²) in [6.45, 7) is 7.12. The molecule has 2 aliphatic heterocycles. The van der Waals surface area contributed by atoms with Crippen LogP contribution in [0.2, 0.25) is 0 Å². The first kappa shape index (κ1) is 17.0. The average Bonchev–Trinajstić information content (AvgIpc) is 2.70. The van der Waals surface area contributed by atoms with Gasteiger partial charge < -0.3 is 19.9 Å². The van der Waals surface area contributed by atoms with Gasteiger partial charge in [-0.1, -0.05) is 0 Å². The van der Waals surface area contributed by atoms with Crippen molar-refractivity contribution in [2.24, 2.45) is 0 Å². The molecule has 0 radical (unpaired) electrons. The topological polar surface area (TPSA) is 79.3 Å². The van der Waals surface area contributed by atoms with Crippen LogP contribution in [0.4, 0.5) is 17.6 Å². The molecule has 0 atom stereocenters. The second kappa shape index (κ2) is 7.82. The van der Waals surface area contributed by atoms with E-state index in [1.54, 1.807) is 12.4 Å². The van der Waals surface area contributed by atoms with Gasteiger partial charge >= 0.3 is 0 Å². The van der Waals surface area contributed by atoms with Crippen LogP contribution >= 0.6 is 0 Å². The molecule has 2 aromatic rings. The van der Waals surface area contributed by atoms with Gasteiger partial charge in [0.05, 0.1) is 18.9 Å². The standard InChI is InChI=1S/C18H25N7O/c1-14-17(20-7-6-19-14)24-8-3-15(4-9-24)22-16-2-5-21-18(23-16)25-10-12-26-13-11-25/h2,5-7,15H,3-4,8-13H2,1H3,(H,21,22,23). The zero-order valence-corrected chi connectivity index (χ0v) is 15.1. The largest absolute Gasteiger partial charge is 0.378 e. The van der Waals surface area contributed by atoms with Gasteiger partial charge in [-0.3, -0.25) is 4.98 Å². The van der Waals surface area contributed by atoms with Crippen molar-refractivity contribution in [3.05, 3.63) is 30.4 Å². The van der Waals surface area contributed by atoms with Crippen LogP contribution in [0.1, 0.15) is 18.5 Å². The number of aryl methyl sites for hydroxylation is 1. The molecule has 1 N–H and O–H groups in total. The Bertz CT molecular complexity index is 727. The number of hydrogen-bond donors (Lipinski definition) is 1. The van der Waals surface area contributed by atoms with Gasteiger partial charge in [0.2, 0.25) is 5.95 Å². The maximum absolute atomic E-state index is 5.40. The summed E-state index contributed by atoms with van der Waals surface area (Å²) in [6, 6.07) is 2.36. The lowest BCUT2D eigenvalue weighted by Gasteiger charge is -2.34. The number of rotatable bonds is 4. The van der Waals surface area contributed by atoms with Crippen molar-refractivity contribution in [1.82, 2.24) is 19.9 Å². The van der Waals surface area contributed by atoms with Gasteiger partial charge in [-0.05, 0) is 25.8 Å². The van der Waals surface area contributed by atoms with E-state index in [0.29, 0.717) is 6.04 Å². The van der Waals surface area contributed by atoms with E-state index in [0.717, 1.165) is 75.5 Å². The van der Waals surface area contributed by atoms with Gasteiger partial charge in [0, 0.05) is 50.8 Å². The second-order valence-corrected chi connectivity index (χ2v) is 6.71. The van der Waals surface area contributed by atoms with E-state index in [4.69, 9.17) is 9.72 Å². The van der Waals surface area contributed by atoms with Crippen LogP contribution in [0.25, 0.3) is 0 Å². The summed E-state index contributed by atoms with van der Waals surface area (Å²) in [5, 5.41) is 3.58. The van der Waals surface area contributed by atoms with Crippen molar-refractivity contribution in [2.45, 2.75) is 25.8 Å². The molecule has 4 rings (SSSR count). The molecule has 4 heterocycles. The number of nitrogens with zero attached hydrogens (tertiary/aromatic N) is 6. The van der Waals surface area contributed by atoms with Gasteiger partial charge in [0.25, 0.3) is 0 Å². The van der Waals surface area contributed by atoms with Crippen LogP contribution in [0, 0.1) is 6.92 Å². The number of nitrogens with one attached hydrogen (secondary N) is 1. The summed E-state index contributed by atoms with van der Waals surface area (Å²) in [4.78, 5) is 22.4. The van der Waals surface area contributed by atoms with Crippen LogP contribution in [0.15, 0.2) is 24.7 Å². The van der Waals surface area contributed by atoms with E-state index in [-0.39, 0.29) is 0 Å². The first-order valence-corrected chi connectivity index (χ1v) is 9.24. The highest BCUT2D eigenvalue weighted by Crippen LogP contribution is 2.22. The van der Waals surface area contributed by atoms with E-state index >= 15 is 0 Å². The van der Waals surface area contributed by atoms with Crippen molar-refractivity contribution in [3.8, 4) is 0 Å². The highest BCUT2D eigenvalue weighted by molar-refractivity contribution is 5.45. The molecule has 0 spiro atoms. The Labute approximate surface area is 153 Å². The fraction of sp³-hybridized carbons (Fsp3) is 0.556. The third-order valence-electron chi connectivity index (χ3n) is 4.94. The van der Waals surface area contributed by atoms with Crippen LogP contribution < -0.4 is 15.1 Å². The van der Waals surface area contributed by atoms with Crippen LogP contribution in [-0.4, -0.2) is 65.4 Å². The lowest BCUT2D eigenvalue weighted by Crippen LogP contribution is -2.40. The van der Waals surface area contributed by atoms with E-state index in [1.165, 1.54) is 0 Å². The highest BCUT2D eigenvalue weighted by atomic mass is 16.5. The summed E-state index contributed by atoms with van der Waals surface area (Å²) >= 11 is 0. The average molecular weight is 355 g/mol.